The molecule has 250 valence electrons. The summed E-state index contributed by atoms with van der Waals surface area (Å²) in [6.45, 7) is 0. The molecule has 1 aliphatic carbocycles. The summed E-state index contributed by atoms with van der Waals surface area (Å²) in [5, 5.41) is 3.74. The van der Waals surface area contributed by atoms with Crippen LogP contribution >= 0.6 is 0 Å². The smallest absolute Gasteiger partial charge is 0.164 e. The molecule has 0 atom stereocenters. The van der Waals surface area contributed by atoms with Crippen LogP contribution in [0, 0.1) is 0 Å². The molecule has 2 aromatic heterocycles. The van der Waals surface area contributed by atoms with E-state index in [2.05, 4.69) is 126 Å². The summed E-state index contributed by atoms with van der Waals surface area (Å²) in [7, 11) is 0. The highest BCUT2D eigenvalue weighted by atomic mass is 15.0. The molecule has 0 radical (unpaired) electrons. The molecule has 0 fully saturated rings. The first-order valence-electron chi connectivity index (χ1n) is 18.2. The van der Waals surface area contributed by atoms with E-state index in [4.69, 9.17) is 15.0 Å². The molecular weight excluding hydrogens is 645 g/mol. The van der Waals surface area contributed by atoms with Gasteiger partial charge < -0.3 is 4.57 Å². The molecule has 9 aromatic rings. The van der Waals surface area contributed by atoms with Crippen LogP contribution in [0.3, 0.4) is 0 Å². The lowest BCUT2D eigenvalue weighted by Gasteiger charge is -2.15. The Labute approximate surface area is 308 Å². The Balaban J connectivity index is 1.03. The van der Waals surface area contributed by atoms with Crippen LogP contribution < -0.4 is 0 Å². The number of hydrogen-bond donors (Lipinski definition) is 0. The minimum atomic E-state index is 0.650. The van der Waals surface area contributed by atoms with E-state index >= 15 is 0 Å². The number of benzene rings is 7. The minimum Gasteiger partial charge on any atom is -0.313 e. The van der Waals surface area contributed by atoms with Crippen molar-refractivity contribution in [3.63, 3.8) is 0 Å². The summed E-state index contributed by atoms with van der Waals surface area (Å²) in [5.74, 6) is 1.97. The highest BCUT2D eigenvalue weighted by molar-refractivity contribution is 5.99. The fourth-order valence-corrected chi connectivity index (χ4v) is 7.73. The predicted molar refractivity (Wildman–Crippen MR) is 219 cm³/mol. The highest BCUT2D eigenvalue weighted by Gasteiger charge is 2.19. The normalized spacial score (nSPS) is 12.3. The first kappa shape index (κ1) is 30.9. The molecule has 0 aliphatic heterocycles. The zero-order valence-electron chi connectivity index (χ0n) is 29.0. The number of hydrogen-bond acceptors (Lipinski definition) is 3. The predicted octanol–water partition coefficient (Wildman–Crippen LogP) is 12.3. The van der Waals surface area contributed by atoms with Gasteiger partial charge in [-0.15, -0.1) is 0 Å². The van der Waals surface area contributed by atoms with Crippen LogP contribution in [0.2, 0.25) is 0 Å². The Hall–Kier alpha value is -6.91. The second-order valence-corrected chi connectivity index (χ2v) is 13.6. The Morgan fingerprint density at radius 3 is 1.75 bits per heavy atom. The van der Waals surface area contributed by atoms with Crippen molar-refractivity contribution in [2.45, 2.75) is 12.8 Å². The van der Waals surface area contributed by atoms with Crippen molar-refractivity contribution in [1.82, 2.24) is 19.5 Å². The van der Waals surface area contributed by atoms with Gasteiger partial charge in [-0.25, -0.2) is 15.0 Å². The van der Waals surface area contributed by atoms with Crippen molar-refractivity contribution >= 4 is 27.8 Å². The lowest BCUT2D eigenvalue weighted by atomic mass is 9.94. The molecule has 1 aliphatic rings. The van der Waals surface area contributed by atoms with E-state index in [1.54, 1.807) is 0 Å². The maximum atomic E-state index is 4.94. The first-order chi connectivity index (χ1) is 26.3. The number of nitrogens with zero attached hydrogens (tertiary/aromatic N) is 4. The van der Waals surface area contributed by atoms with Crippen LogP contribution in [0.1, 0.15) is 17.7 Å². The molecule has 0 N–H and O–H groups in total. The van der Waals surface area contributed by atoms with Crippen molar-refractivity contribution in [1.29, 1.82) is 0 Å². The van der Waals surface area contributed by atoms with Crippen LogP contribution in [-0.2, 0) is 6.42 Å². The zero-order valence-corrected chi connectivity index (χ0v) is 29.0. The number of allylic oxidation sites excluding steroid dienone is 1. The molecule has 4 nitrogen and oxygen atoms in total. The average molecular weight is 679 g/mol. The lowest BCUT2D eigenvalue weighted by molar-refractivity contribution is 0.889. The van der Waals surface area contributed by atoms with E-state index in [0.29, 0.717) is 17.5 Å². The van der Waals surface area contributed by atoms with Crippen LogP contribution in [0.4, 0.5) is 0 Å². The molecule has 0 spiro atoms. The fourth-order valence-electron chi connectivity index (χ4n) is 7.73. The highest BCUT2D eigenvalue weighted by Crippen LogP contribution is 2.37. The van der Waals surface area contributed by atoms with Gasteiger partial charge in [-0.1, -0.05) is 158 Å². The SMILES string of the molecule is C1=Cc2c(n(-c3cccc(-c4ccc5cccc(-c6ccc(-c7nc(-c8ccccc8)nc(-c8ccccc8)n7)cc6)c5c4)c3)c3ccccc23)CC1. The molecular formula is C49H34N4. The van der Waals surface area contributed by atoms with Crippen LogP contribution in [0.5, 0.6) is 0 Å². The zero-order chi connectivity index (χ0) is 35.1. The standard InChI is InChI=1S/C49H34N4/c1-3-13-35(14-4-1)47-50-48(36-15-5-2-6-16-36)52-49(51-47)37-28-25-34(26-29-37)41-22-12-17-33-27-30-39(32-44(33)41)38-18-11-19-40(31-38)53-45-23-9-7-20-42(45)43-21-8-10-24-46(43)53/h1-9,11-23,25-32H,10,24H2. The van der Waals surface area contributed by atoms with Crippen LogP contribution in [0.15, 0.2) is 176 Å². The van der Waals surface area contributed by atoms with Gasteiger partial charge in [0.1, 0.15) is 0 Å². The van der Waals surface area contributed by atoms with Crippen molar-refractivity contribution in [2.24, 2.45) is 0 Å². The molecule has 0 saturated carbocycles. The first-order valence-corrected chi connectivity index (χ1v) is 18.2. The van der Waals surface area contributed by atoms with Crippen molar-refractivity contribution in [3.8, 4) is 62.1 Å². The molecule has 0 amide bonds. The molecule has 10 rings (SSSR count). The van der Waals surface area contributed by atoms with Gasteiger partial charge in [0.25, 0.3) is 0 Å². The third-order valence-electron chi connectivity index (χ3n) is 10.3. The number of aromatic nitrogens is 4. The second kappa shape index (κ2) is 13.0. The molecule has 53 heavy (non-hydrogen) atoms. The third-order valence-corrected chi connectivity index (χ3v) is 10.3. The summed E-state index contributed by atoms with van der Waals surface area (Å²) >= 11 is 0. The monoisotopic (exact) mass is 678 g/mol. The quantitative estimate of drug-likeness (QED) is 0.176. The van der Waals surface area contributed by atoms with E-state index in [1.165, 1.54) is 55.3 Å². The van der Waals surface area contributed by atoms with Crippen molar-refractivity contribution < 1.29 is 0 Å². The topological polar surface area (TPSA) is 43.6 Å². The molecule has 7 aromatic carbocycles. The van der Waals surface area contributed by atoms with Gasteiger partial charge in [-0.3, -0.25) is 0 Å². The molecule has 0 saturated heterocycles. The number of para-hydroxylation sites is 1. The summed E-state index contributed by atoms with van der Waals surface area (Å²) in [5.41, 5.74) is 12.8. The summed E-state index contributed by atoms with van der Waals surface area (Å²) in [4.78, 5) is 14.7. The van der Waals surface area contributed by atoms with Gasteiger partial charge in [0.05, 0.1) is 5.52 Å². The van der Waals surface area contributed by atoms with Crippen LogP contribution in [0.25, 0.3) is 89.9 Å². The van der Waals surface area contributed by atoms with Crippen LogP contribution in [-0.4, -0.2) is 19.5 Å². The Morgan fingerprint density at radius 2 is 1.02 bits per heavy atom. The molecule has 0 unspecified atom stereocenters. The lowest BCUT2D eigenvalue weighted by Crippen LogP contribution is -2.03. The van der Waals surface area contributed by atoms with E-state index in [-0.39, 0.29) is 0 Å². The van der Waals surface area contributed by atoms with Gasteiger partial charge in [0, 0.05) is 39.0 Å². The van der Waals surface area contributed by atoms with Crippen molar-refractivity contribution in [2.75, 3.05) is 0 Å². The Morgan fingerprint density at radius 1 is 0.434 bits per heavy atom. The van der Waals surface area contributed by atoms with Gasteiger partial charge in [0.15, 0.2) is 17.5 Å². The summed E-state index contributed by atoms with van der Waals surface area (Å²) < 4.78 is 2.46. The van der Waals surface area contributed by atoms with Crippen molar-refractivity contribution in [3.05, 3.63) is 187 Å². The van der Waals surface area contributed by atoms with E-state index < -0.39 is 0 Å². The molecule has 0 bridgehead atoms. The average Bonchev–Trinajstić information content (AvgIpc) is 3.58. The largest absolute Gasteiger partial charge is 0.313 e. The maximum absolute atomic E-state index is 4.94. The molecule has 4 heteroatoms. The summed E-state index contributed by atoms with van der Waals surface area (Å²) in [6, 6.07) is 59.9. The van der Waals surface area contributed by atoms with E-state index in [9.17, 15) is 0 Å². The van der Waals surface area contributed by atoms with Gasteiger partial charge in [-0.05, 0) is 70.1 Å². The second-order valence-electron chi connectivity index (χ2n) is 13.6. The number of rotatable bonds is 6. The minimum absolute atomic E-state index is 0.650. The number of fused-ring (bicyclic) bond motifs is 4. The maximum Gasteiger partial charge on any atom is 0.164 e. The molecule has 2 heterocycles. The van der Waals surface area contributed by atoms with Gasteiger partial charge in [0.2, 0.25) is 0 Å². The summed E-state index contributed by atoms with van der Waals surface area (Å²) in [6.07, 6.45) is 6.70. The fraction of sp³-hybridized carbons (Fsp3) is 0.0408. The van der Waals surface area contributed by atoms with E-state index in [1.807, 2.05) is 60.7 Å². The van der Waals surface area contributed by atoms with Gasteiger partial charge in [-0.2, -0.15) is 0 Å². The van der Waals surface area contributed by atoms with Gasteiger partial charge >= 0.3 is 0 Å². The Bertz CT molecular complexity index is 2760. The Kier molecular flexibility index (Phi) is 7.58. The van der Waals surface area contributed by atoms with E-state index in [0.717, 1.165) is 35.1 Å². The third kappa shape index (κ3) is 5.62.